The van der Waals surface area contributed by atoms with E-state index in [0.717, 1.165) is 0 Å². The second-order valence-corrected chi connectivity index (χ2v) is 4.23. The van der Waals surface area contributed by atoms with Gasteiger partial charge in [0.1, 0.15) is 0 Å². The minimum absolute atomic E-state index is 0. The molecule has 0 aromatic rings. The average molecular weight is 396 g/mol. The van der Waals surface area contributed by atoms with Crippen LogP contribution in [-0.4, -0.2) is 37.0 Å². The van der Waals surface area contributed by atoms with E-state index in [4.69, 9.17) is 0 Å². The fourth-order valence-electron chi connectivity index (χ4n) is 1.18. The largest absolute Gasteiger partial charge is 0.454 e. The van der Waals surface area contributed by atoms with Crippen molar-refractivity contribution in [1.29, 1.82) is 0 Å². The number of halogens is 6. The molecule has 0 aromatic heterocycles. The van der Waals surface area contributed by atoms with Gasteiger partial charge in [-0.1, -0.05) is 0 Å². The van der Waals surface area contributed by atoms with Crippen molar-refractivity contribution in [3.63, 3.8) is 0 Å². The summed E-state index contributed by atoms with van der Waals surface area (Å²) in [5.74, 6) is -4.03. The molecular formula is C12H14CuF6N2O2. The van der Waals surface area contributed by atoms with Crippen LogP contribution in [0, 0.1) is 0 Å². The van der Waals surface area contributed by atoms with Gasteiger partial charge in [0.2, 0.25) is 0 Å². The van der Waals surface area contributed by atoms with Gasteiger partial charge in [-0.3, -0.25) is 9.59 Å². The summed E-state index contributed by atoms with van der Waals surface area (Å²) in [7, 11) is 0. The number of carbonyl (C=O) groups excluding carboxylic acids is 2. The van der Waals surface area contributed by atoms with Crippen molar-refractivity contribution in [3.05, 3.63) is 23.5 Å². The zero-order valence-corrected chi connectivity index (χ0v) is 12.9. The first-order chi connectivity index (χ1) is 9.84. The quantitative estimate of drug-likeness (QED) is 0.300. The Morgan fingerprint density at radius 2 is 1.04 bits per heavy atom. The van der Waals surface area contributed by atoms with Crippen molar-refractivity contribution in [3.8, 4) is 0 Å². The van der Waals surface area contributed by atoms with Crippen molar-refractivity contribution in [2.75, 3.05) is 13.1 Å². The van der Waals surface area contributed by atoms with Gasteiger partial charge in [0.25, 0.3) is 11.6 Å². The van der Waals surface area contributed by atoms with Crippen LogP contribution in [0.5, 0.6) is 0 Å². The van der Waals surface area contributed by atoms with Gasteiger partial charge >= 0.3 is 12.4 Å². The molecule has 11 heteroatoms. The van der Waals surface area contributed by atoms with E-state index >= 15 is 0 Å². The van der Waals surface area contributed by atoms with Crippen LogP contribution in [0.1, 0.15) is 13.8 Å². The topological polar surface area (TPSA) is 58.2 Å². The molecule has 0 unspecified atom stereocenters. The zero-order valence-electron chi connectivity index (χ0n) is 12.0. The maximum Gasteiger partial charge on any atom is 0.454 e. The van der Waals surface area contributed by atoms with Crippen molar-refractivity contribution in [2.45, 2.75) is 26.2 Å². The molecule has 0 aromatic carbocycles. The third kappa shape index (κ3) is 10.8. The molecule has 4 nitrogen and oxygen atoms in total. The second-order valence-electron chi connectivity index (χ2n) is 4.23. The molecule has 0 aliphatic carbocycles. The van der Waals surface area contributed by atoms with E-state index in [0.29, 0.717) is 12.2 Å². The van der Waals surface area contributed by atoms with Crippen LogP contribution in [0.2, 0.25) is 0 Å². The van der Waals surface area contributed by atoms with Crippen LogP contribution in [0.3, 0.4) is 0 Å². The molecule has 0 saturated heterocycles. The molecule has 0 aliphatic rings. The van der Waals surface area contributed by atoms with E-state index in [9.17, 15) is 35.9 Å². The second kappa shape index (κ2) is 9.61. The predicted octanol–water partition coefficient (Wildman–Crippen LogP) is 2.23. The van der Waals surface area contributed by atoms with Gasteiger partial charge in [-0.25, -0.2) is 0 Å². The minimum Gasteiger partial charge on any atom is -0.387 e. The molecule has 0 amide bonds. The number of allylic oxidation sites excluding steroid dienone is 4. The Morgan fingerprint density at radius 1 is 0.783 bits per heavy atom. The Morgan fingerprint density at radius 3 is 1.26 bits per heavy atom. The van der Waals surface area contributed by atoms with E-state index in [1.54, 1.807) is 0 Å². The van der Waals surface area contributed by atoms with Crippen LogP contribution in [0.15, 0.2) is 23.5 Å². The molecule has 0 aliphatic heterocycles. The first-order valence-electron chi connectivity index (χ1n) is 5.90. The summed E-state index contributed by atoms with van der Waals surface area (Å²) < 4.78 is 71.7. The van der Waals surface area contributed by atoms with Crippen LogP contribution in [0.4, 0.5) is 26.3 Å². The van der Waals surface area contributed by atoms with Gasteiger partial charge < -0.3 is 10.6 Å². The van der Waals surface area contributed by atoms with Gasteiger partial charge in [0.05, 0.1) is 0 Å². The van der Waals surface area contributed by atoms with E-state index in [1.807, 2.05) is 0 Å². The zero-order chi connectivity index (χ0) is 17.6. The number of alkyl halides is 6. The third-order valence-electron chi connectivity index (χ3n) is 2.19. The maximum absolute atomic E-state index is 12.0. The number of hydrogen-bond donors (Lipinski definition) is 2. The number of rotatable bonds is 7. The Kier molecular flexibility index (Phi) is 9.94. The number of nitrogens with one attached hydrogen (secondary N) is 2. The summed E-state index contributed by atoms with van der Waals surface area (Å²) in [6.07, 6.45) is -9.18. The molecule has 137 valence electrons. The van der Waals surface area contributed by atoms with Gasteiger partial charge in [0.15, 0.2) is 0 Å². The molecule has 1 radical (unpaired) electrons. The molecule has 2 N–H and O–H groups in total. The molecule has 0 saturated carbocycles. The molecule has 0 atom stereocenters. The summed E-state index contributed by atoms with van der Waals surface area (Å²) in [4.78, 5) is 21.2. The molecule has 0 heterocycles. The number of carbonyl (C=O) groups is 2. The van der Waals surface area contributed by atoms with Crippen LogP contribution < -0.4 is 10.6 Å². The van der Waals surface area contributed by atoms with Gasteiger partial charge in [-0.15, -0.1) is 0 Å². The molecular weight excluding hydrogens is 382 g/mol. The monoisotopic (exact) mass is 395 g/mol. The number of hydrogen-bond acceptors (Lipinski definition) is 4. The summed E-state index contributed by atoms with van der Waals surface area (Å²) in [6, 6.07) is 0. The standard InChI is InChI=1S/C12H14F6N2O2.Cu/c1-7(5-9(21)11(13,14)15)19-3-4-20-8(2)6-10(22)12(16,17)18;/h5-6,19-20H,3-4H2,1-2H3;/b7-5-,8-6-;. The Hall–Kier alpha value is -1.48. The van der Waals surface area contributed by atoms with Gasteiger partial charge in [-0.05, 0) is 13.8 Å². The molecule has 0 rings (SSSR count). The van der Waals surface area contributed by atoms with Crippen molar-refractivity contribution >= 4 is 11.6 Å². The minimum atomic E-state index is -4.96. The van der Waals surface area contributed by atoms with Gasteiger partial charge in [-0.2, -0.15) is 26.3 Å². The van der Waals surface area contributed by atoms with Crippen molar-refractivity contribution in [1.82, 2.24) is 10.6 Å². The fraction of sp³-hybridized carbons (Fsp3) is 0.500. The van der Waals surface area contributed by atoms with E-state index in [1.165, 1.54) is 13.8 Å². The fourth-order valence-corrected chi connectivity index (χ4v) is 1.18. The number of ketones is 2. The van der Waals surface area contributed by atoms with Crippen LogP contribution in [-0.2, 0) is 26.7 Å². The summed E-state index contributed by atoms with van der Waals surface area (Å²) >= 11 is 0. The molecule has 0 bridgehead atoms. The molecule has 0 fully saturated rings. The van der Waals surface area contributed by atoms with E-state index in [2.05, 4.69) is 10.6 Å². The first-order valence-corrected chi connectivity index (χ1v) is 5.90. The Balaban J connectivity index is 0. The third-order valence-corrected chi connectivity index (χ3v) is 2.19. The Bertz CT molecular complexity index is 439. The average Bonchev–Trinajstić information content (AvgIpc) is 2.32. The van der Waals surface area contributed by atoms with E-state index in [-0.39, 0.29) is 41.6 Å². The van der Waals surface area contributed by atoms with E-state index < -0.39 is 23.9 Å². The smallest absolute Gasteiger partial charge is 0.387 e. The van der Waals surface area contributed by atoms with Crippen molar-refractivity contribution < 1.29 is 53.0 Å². The SMILES string of the molecule is C/C(=C/C(=O)C(F)(F)F)NCCN/C(C)=C\C(=O)C(F)(F)F.[Cu]. The van der Waals surface area contributed by atoms with Crippen LogP contribution in [0.25, 0.3) is 0 Å². The normalized spacial score (nSPS) is 13.2. The predicted molar refractivity (Wildman–Crippen MR) is 65.6 cm³/mol. The maximum atomic E-state index is 12.0. The molecule has 0 spiro atoms. The molecule has 23 heavy (non-hydrogen) atoms. The summed E-state index contributed by atoms with van der Waals surface area (Å²) in [5.41, 5.74) is -0.0887. The first kappa shape index (κ1) is 23.8. The Labute approximate surface area is 138 Å². The van der Waals surface area contributed by atoms with Crippen LogP contribution >= 0.6 is 0 Å². The van der Waals surface area contributed by atoms with Gasteiger partial charge in [0, 0.05) is 53.7 Å². The summed E-state index contributed by atoms with van der Waals surface area (Å²) in [5, 5.41) is 4.94. The van der Waals surface area contributed by atoms with Crippen molar-refractivity contribution in [2.24, 2.45) is 0 Å². The summed E-state index contributed by atoms with van der Waals surface area (Å²) in [6.45, 7) is 2.55.